The van der Waals surface area contributed by atoms with E-state index >= 15 is 0 Å². The molecular weight excluding hydrogens is 284 g/mol. The van der Waals surface area contributed by atoms with Crippen molar-refractivity contribution in [1.82, 2.24) is 0 Å². The number of benzene rings is 1. The number of aliphatic hydroxyl groups is 2. The van der Waals surface area contributed by atoms with Gasteiger partial charge in [-0.05, 0) is 17.7 Å². The quantitative estimate of drug-likeness (QED) is 0.759. The van der Waals surface area contributed by atoms with Crippen molar-refractivity contribution in [3.63, 3.8) is 0 Å². The van der Waals surface area contributed by atoms with E-state index in [1.54, 1.807) is 0 Å². The first-order valence-corrected chi connectivity index (χ1v) is 6.20. The standard InChI is InChI=1S/C13H17BrO3/c1-2-11(7-15)13(16)9-17-8-10-3-5-12(14)6-4-10/h2-6,11,13,15-16H,1,7-9H2/t11-,13-/m0/s1. The van der Waals surface area contributed by atoms with Gasteiger partial charge >= 0.3 is 0 Å². The highest BCUT2D eigenvalue weighted by Gasteiger charge is 2.14. The van der Waals surface area contributed by atoms with Crippen molar-refractivity contribution in [2.24, 2.45) is 5.92 Å². The van der Waals surface area contributed by atoms with E-state index in [0.717, 1.165) is 10.0 Å². The van der Waals surface area contributed by atoms with Crippen LogP contribution in [0.2, 0.25) is 0 Å². The summed E-state index contributed by atoms with van der Waals surface area (Å²) in [7, 11) is 0. The van der Waals surface area contributed by atoms with Gasteiger partial charge in [0.15, 0.2) is 0 Å². The van der Waals surface area contributed by atoms with E-state index in [4.69, 9.17) is 9.84 Å². The Bertz CT molecular complexity index is 337. The summed E-state index contributed by atoms with van der Waals surface area (Å²) in [5.41, 5.74) is 1.04. The van der Waals surface area contributed by atoms with Crippen molar-refractivity contribution in [3.05, 3.63) is 47.0 Å². The molecule has 0 spiro atoms. The number of rotatable bonds is 7. The minimum absolute atomic E-state index is 0.119. The van der Waals surface area contributed by atoms with E-state index in [0.29, 0.717) is 6.61 Å². The molecule has 1 rings (SSSR count). The van der Waals surface area contributed by atoms with Crippen LogP contribution in [0.4, 0.5) is 0 Å². The normalized spacial score (nSPS) is 14.3. The van der Waals surface area contributed by atoms with Crippen molar-refractivity contribution in [1.29, 1.82) is 0 Å². The molecule has 0 aliphatic rings. The molecule has 3 nitrogen and oxygen atoms in total. The summed E-state index contributed by atoms with van der Waals surface area (Å²) in [6, 6.07) is 7.78. The van der Waals surface area contributed by atoms with E-state index in [9.17, 15) is 5.11 Å². The summed E-state index contributed by atoms with van der Waals surface area (Å²) in [5.74, 6) is -0.333. The molecule has 2 atom stereocenters. The highest BCUT2D eigenvalue weighted by molar-refractivity contribution is 9.10. The van der Waals surface area contributed by atoms with E-state index in [1.807, 2.05) is 24.3 Å². The number of halogens is 1. The minimum atomic E-state index is -0.715. The highest BCUT2D eigenvalue weighted by Crippen LogP contribution is 2.12. The van der Waals surface area contributed by atoms with Crippen LogP contribution in [-0.2, 0) is 11.3 Å². The molecule has 0 amide bonds. The predicted octanol–water partition coefficient (Wildman–Crippen LogP) is 2.12. The molecule has 0 bridgehead atoms. The van der Waals surface area contributed by atoms with Gasteiger partial charge in [0.25, 0.3) is 0 Å². The number of hydrogen-bond acceptors (Lipinski definition) is 3. The second-order valence-electron chi connectivity index (χ2n) is 3.79. The SMILES string of the molecule is C=C[C@@H](CO)[C@@H](O)COCc1ccc(Br)cc1. The van der Waals surface area contributed by atoms with Gasteiger partial charge in [-0.2, -0.15) is 0 Å². The largest absolute Gasteiger partial charge is 0.396 e. The Morgan fingerprint density at radius 3 is 2.53 bits per heavy atom. The van der Waals surface area contributed by atoms with Crippen molar-refractivity contribution < 1.29 is 14.9 Å². The molecule has 0 aliphatic carbocycles. The fourth-order valence-corrected chi connectivity index (χ4v) is 1.62. The maximum absolute atomic E-state index is 9.67. The van der Waals surface area contributed by atoms with Crippen molar-refractivity contribution in [2.45, 2.75) is 12.7 Å². The molecule has 94 valence electrons. The minimum Gasteiger partial charge on any atom is -0.396 e. The Morgan fingerprint density at radius 1 is 1.35 bits per heavy atom. The molecule has 0 aliphatic heterocycles. The van der Waals surface area contributed by atoms with Gasteiger partial charge in [-0.15, -0.1) is 6.58 Å². The lowest BCUT2D eigenvalue weighted by molar-refractivity contribution is -0.00332. The van der Waals surface area contributed by atoms with E-state index in [1.165, 1.54) is 6.08 Å². The number of ether oxygens (including phenoxy) is 1. The molecule has 0 radical (unpaired) electrons. The first-order chi connectivity index (χ1) is 8.17. The van der Waals surface area contributed by atoms with Crippen LogP contribution in [0, 0.1) is 5.92 Å². The smallest absolute Gasteiger partial charge is 0.0858 e. The van der Waals surface area contributed by atoms with Gasteiger partial charge in [-0.3, -0.25) is 0 Å². The van der Waals surface area contributed by atoms with Crippen LogP contribution in [0.1, 0.15) is 5.56 Å². The van der Waals surface area contributed by atoms with Gasteiger partial charge < -0.3 is 14.9 Å². The van der Waals surface area contributed by atoms with Gasteiger partial charge in [-0.1, -0.05) is 34.1 Å². The lowest BCUT2D eigenvalue weighted by atomic mass is 10.1. The van der Waals surface area contributed by atoms with Crippen LogP contribution in [0.25, 0.3) is 0 Å². The van der Waals surface area contributed by atoms with Crippen molar-refractivity contribution in [2.75, 3.05) is 13.2 Å². The predicted molar refractivity (Wildman–Crippen MR) is 70.6 cm³/mol. The topological polar surface area (TPSA) is 49.7 Å². The molecular formula is C13H17BrO3. The zero-order chi connectivity index (χ0) is 12.7. The number of hydrogen-bond donors (Lipinski definition) is 2. The third-order valence-corrected chi connectivity index (χ3v) is 3.01. The Kier molecular flexibility index (Phi) is 6.44. The maximum Gasteiger partial charge on any atom is 0.0858 e. The van der Waals surface area contributed by atoms with Crippen LogP contribution >= 0.6 is 15.9 Å². The zero-order valence-corrected chi connectivity index (χ0v) is 11.1. The van der Waals surface area contributed by atoms with Crippen LogP contribution in [0.5, 0.6) is 0 Å². The fraction of sp³-hybridized carbons (Fsp3) is 0.385. The van der Waals surface area contributed by atoms with Crippen molar-refractivity contribution in [3.8, 4) is 0 Å². The van der Waals surface area contributed by atoms with Crippen LogP contribution < -0.4 is 0 Å². The lowest BCUT2D eigenvalue weighted by Gasteiger charge is -2.17. The van der Waals surface area contributed by atoms with Crippen LogP contribution in [-0.4, -0.2) is 29.5 Å². The fourth-order valence-electron chi connectivity index (χ4n) is 1.36. The Labute approximate surface area is 110 Å². The zero-order valence-electron chi connectivity index (χ0n) is 9.55. The molecule has 4 heteroatoms. The Morgan fingerprint density at radius 2 is 2.00 bits per heavy atom. The summed E-state index contributed by atoms with van der Waals surface area (Å²) >= 11 is 3.35. The summed E-state index contributed by atoms with van der Waals surface area (Å²) in [4.78, 5) is 0. The van der Waals surface area contributed by atoms with Gasteiger partial charge in [0.2, 0.25) is 0 Å². The molecule has 0 aromatic heterocycles. The second kappa shape index (κ2) is 7.61. The second-order valence-corrected chi connectivity index (χ2v) is 4.71. The Balaban J connectivity index is 2.32. The average Bonchev–Trinajstić information content (AvgIpc) is 2.33. The van der Waals surface area contributed by atoms with Gasteiger partial charge in [0.1, 0.15) is 0 Å². The first-order valence-electron chi connectivity index (χ1n) is 5.41. The molecule has 0 saturated carbocycles. The summed E-state index contributed by atoms with van der Waals surface area (Å²) in [6.07, 6.45) is 0.821. The summed E-state index contributed by atoms with van der Waals surface area (Å²) < 4.78 is 6.40. The molecule has 0 heterocycles. The highest BCUT2D eigenvalue weighted by atomic mass is 79.9. The monoisotopic (exact) mass is 300 g/mol. The summed E-state index contributed by atoms with van der Waals surface area (Å²) in [6.45, 7) is 4.06. The van der Waals surface area contributed by atoms with Gasteiger partial charge in [0.05, 0.1) is 25.9 Å². The molecule has 17 heavy (non-hydrogen) atoms. The van der Waals surface area contributed by atoms with Gasteiger partial charge in [0, 0.05) is 10.4 Å². The molecule has 0 unspecified atom stereocenters. The molecule has 0 fully saturated rings. The third-order valence-electron chi connectivity index (χ3n) is 2.48. The maximum atomic E-state index is 9.67. The van der Waals surface area contributed by atoms with Crippen LogP contribution in [0.15, 0.2) is 41.4 Å². The lowest BCUT2D eigenvalue weighted by Crippen LogP contribution is -2.26. The average molecular weight is 301 g/mol. The summed E-state index contributed by atoms with van der Waals surface area (Å²) in [5, 5.41) is 18.6. The van der Waals surface area contributed by atoms with Crippen LogP contribution in [0.3, 0.4) is 0 Å². The van der Waals surface area contributed by atoms with Gasteiger partial charge in [-0.25, -0.2) is 0 Å². The van der Waals surface area contributed by atoms with E-state index < -0.39 is 6.10 Å². The van der Waals surface area contributed by atoms with E-state index in [-0.39, 0.29) is 19.1 Å². The number of aliphatic hydroxyl groups excluding tert-OH is 2. The molecule has 2 N–H and O–H groups in total. The van der Waals surface area contributed by atoms with E-state index in [2.05, 4.69) is 22.5 Å². The molecule has 1 aromatic rings. The van der Waals surface area contributed by atoms with Crippen molar-refractivity contribution >= 4 is 15.9 Å². The first kappa shape index (κ1) is 14.4. The molecule has 1 aromatic carbocycles. The third kappa shape index (κ3) is 5.00. The molecule has 0 saturated heterocycles. The Hall–Kier alpha value is -0.680.